The maximum Gasteiger partial charge on any atom is 0.337 e. The monoisotopic (exact) mass is 468 g/mol. The molecule has 2 aromatic rings. The highest BCUT2D eigenvalue weighted by atomic mass is 32.2. The third-order valence-corrected chi connectivity index (χ3v) is 6.02. The minimum absolute atomic E-state index is 0.281. The first kappa shape index (κ1) is 24.2. The molecular weight excluding hydrogens is 440 g/mol. The number of nitrogens with one attached hydrogen (secondary N) is 3. The Hall–Kier alpha value is -3.46. The molecule has 174 valence electrons. The normalized spacial score (nSPS) is 15.7. The summed E-state index contributed by atoms with van der Waals surface area (Å²) in [4.78, 5) is 40.4. The molecule has 0 spiro atoms. The van der Waals surface area contributed by atoms with Crippen LogP contribution in [0.4, 0.5) is 21.0 Å². The van der Waals surface area contributed by atoms with Gasteiger partial charge in [-0.05, 0) is 61.6 Å². The lowest BCUT2D eigenvalue weighted by molar-refractivity contribution is -0.136. The lowest BCUT2D eigenvalue weighted by Crippen LogP contribution is -2.48. The van der Waals surface area contributed by atoms with Gasteiger partial charge in [0.25, 0.3) is 0 Å². The van der Waals surface area contributed by atoms with E-state index in [2.05, 4.69) is 16.0 Å². The predicted octanol–water partition coefficient (Wildman–Crippen LogP) is 4.98. The van der Waals surface area contributed by atoms with Crippen LogP contribution in [0.5, 0.6) is 0 Å². The van der Waals surface area contributed by atoms with Crippen molar-refractivity contribution in [3.8, 4) is 0 Å². The zero-order valence-corrected chi connectivity index (χ0v) is 19.9. The van der Waals surface area contributed by atoms with Gasteiger partial charge in [-0.1, -0.05) is 19.1 Å². The zero-order valence-electron chi connectivity index (χ0n) is 19.1. The number of carbonyl (C=O) groups excluding carboxylic acids is 3. The van der Waals surface area contributed by atoms with Crippen molar-refractivity contribution in [1.29, 1.82) is 0 Å². The Labute approximate surface area is 197 Å². The fourth-order valence-electron chi connectivity index (χ4n) is 3.66. The molecule has 0 radical (unpaired) electrons. The molecule has 3 N–H and O–H groups in total. The second-order valence-corrected chi connectivity index (χ2v) is 8.34. The van der Waals surface area contributed by atoms with Gasteiger partial charge < -0.3 is 20.7 Å². The highest BCUT2D eigenvalue weighted by Crippen LogP contribution is 2.32. The summed E-state index contributed by atoms with van der Waals surface area (Å²) in [6.07, 6.45) is 2.74. The Kier molecular flexibility index (Phi) is 8.00. The molecule has 33 heavy (non-hydrogen) atoms. The standard InChI is InChI=1S/C24H28N4O4S/c1-5-13-28-15(2)20(22(29)32-3)21(27-24(28)31)16-7-6-8-18(14-16)26-23(30)25-17-9-11-19(33-4)12-10-17/h6-12,14,21H,5,13H2,1-4H3,(H,27,31)(H2,25,26,30). The van der Waals surface area contributed by atoms with Gasteiger partial charge in [0.1, 0.15) is 0 Å². The van der Waals surface area contributed by atoms with Crippen molar-refractivity contribution in [2.45, 2.75) is 31.2 Å². The maximum absolute atomic E-state index is 12.7. The molecule has 2 aromatic carbocycles. The van der Waals surface area contributed by atoms with Crippen molar-refractivity contribution in [1.82, 2.24) is 10.2 Å². The van der Waals surface area contributed by atoms with E-state index in [0.29, 0.717) is 34.8 Å². The van der Waals surface area contributed by atoms with Crippen LogP contribution in [-0.2, 0) is 9.53 Å². The van der Waals surface area contributed by atoms with Crippen LogP contribution >= 0.6 is 11.8 Å². The molecule has 1 aliphatic rings. The first-order valence-corrected chi connectivity index (χ1v) is 11.8. The van der Waals surface area contributed by atoms with Gasteiger partial charge in [0.15, 0.2) is 0 Å². The zero-order chi connectivity index (χ0) is 24.0. The molecule has 0 saturated carbocycles. The third kappa shape index (κ3) is 5.67. The molecule has 1 unspecified atom stereocenters. The molecule has 0 bridgehead atoms. The number of ether oxygens (including phenoxy) is 1. The Bertz CT molecular complexity index is 1070. The number of thioether (sulfide) groups is 1. The van der Waals surface area contributed by atoms with Crippen molar-refractivity contribution < 1.29 is 19.1 Å². The highest BCUT2D eigenvalue weighted by molar-refractivity contribution is 7.98. The van der Waals surface area contributed by atoms with Gasteiger partial charge in [0.2, 0.25) is 0 Å². The number of hydrogen-bond acceptors (Lipinski definition) is 5. The van der Waals surface area contributed by atoms with E-state index in [1.54, 1.807) is 47.9 Å². The Morgan fingerprint density at radius 2 is 1.82 bits per heavy atom. The van der Waals surface area contributed by atoms with Crippen LogP contribution in [0.15, 0.2) is 64.7 Å². The molecule has 3 rings (SSSR count). The number of rotatable bonds is 7. The molecule has 1 heterocycles. The summed E-state index contributed by atoms with van der Waals surface area (Å²) in [5, 5.41) is 8.48. The third-order valence-electron chi connectivity index (χ3n) is 5.27. The molecule has 9 heteroatoms. The summed E-state index contributed by atoms with van der Waals surface area (Å²) in [5.41, 5.74) is 2.77. The van der Waals surface area contributed by atoms with E-state index in [1.807, 2.05) is 37.4 Å². The number of nitrogens with zero attached hydrogens (tertiary/aromatic N) is 1. The largest absolute Gasteiger partial charge is 0.466 e. The van der Waals surface area contributed by atoms with Crippen molar-refractivity contribution >= 4 is 41.2 Å². The van der Waals surface area contributed by atoms with E-state index < -0.39 is 18.0 Å². The van der Waals surface area contributed by atoms with Crippen molar-refractivity contribution in [2.75, 3.05) is 30.5 Å². The molecule has 0 saturated heterocycles. The number of carbonyl (C=O) groups is 3. The Morgan fingerprint density at radius 1 is 1.12 bits per heavy atom. The summed E-state index contributed by atoms with van der Waals surface area (Å²) >= 11 is 1.62. The summed E-state index contributed by atoms with van der Waals surface area (Å²) < 4.78 is 5.00. The van der Waals surface area contributed by atoms with Crippen LogP contribution in [0.1, 0.15) is 31.9 Å². The summed E-state index contributed by atoms with van der Waals surface area (Å²) in [6, 6.07) is 13.2. The van der Waals surface area contributed by atoms with Crippen LogP contribution in [0.3, 0.4) is 0 Å². The molecule has 1 atom stereocenters. The number of urea groups is 2. The number of anilines is 2. The van der Waals surface area contributed by atoms with Crippen LogP contribution in [0.25, 0.3) is 0 Å². The van der Waals surface area contributed by atoms with Crippen LogP contribution in [0, 0.1) is 0 Å². The van der Waals surface area contributed by atoms with Crippen LogP contribution < -0.4 is 16.0 Å². The molecule has 0 fully saturated rings. The fourth-order valence-corrected chi connectivity index (χ4v) is 4.07. The molecule has 0 aliphatic carbocycles. The maximum atomic E-state index is 12.7. The average molecular weight is 469 g/mol. The van der Waals surface area contributed by atoms with E-state index in [9.17, 15) is 14.4 Å². The highest BCUT2D eigenvalue weighted by Gasteiger charge is 2.36. The smallest absolute Gasteiger partial charge is 0.337 e. The first-order chi connectivity index (χ1) is 15.9. The van der Waals surface area contributed by atoms with Gasteiger partial charge >= 0.3 is 18.0 Å². The molecule has 4 amide bonds. The quantitative estimate of drug-likeness (QED) is 0.393. The summed E-state index contributed by atoms with van der Waals surface area (Å²) in [7, 11) is 1.31. The molecule has 1 aliphatic heterocycles. The molecule has 8 nitrogen and oxygen atoms in total. The molecule has 0 aromatic heterocycles. The van der Waals surface area contributed by atoms with E-state index in [-0.39, 0.29) is 6.03 Å². The second kappa shape index (κ2) is 10.9. The van der Waals surface area contributed by atoms with E-state index >= 15 is 0 Å². The van der Waals surface area contributed by atoms with Gasteiger partial charge in [0, 0.05) is 28.5 Å². The lowest BCUT2D eigenvalue weighted by atomic mass is 9.94. The number of esters is 1. The number of hydrogen-bond donors (Lipinski definition) is 3. The minimum Gasteiger partial charge on any atom is -0.466 e. The number of allylic oxidation sites excluding steroid dienone is 1. The van der Waals surface area contributed by atoms with Gasteiger partial charge in [-0.3, -0.25) is 4.90 Å². The number of amides is 4. The van der Waals surface area contributed by atoms with Crippen molar-refractivity contribution in [3.05, 3.63) is 65.4 Å². The SMILES string of the molecule is CCCN1C(=O)NC(c2cccc(NC(=O)Nc3ccc(SC)cc3)c2)C(C(=O)OC)=C1C. The number of benzene rings is 2. The van der Waals surface area contributed by atoms with E-state index in [4.69, 9.17) is 4.74 Å². The van der Waals surface area contributed by atoms with Crippen LogP contribution in [-0.4, -0.2) is 42.8 Å². The van der Waals surface area contributed by atoms with Gasteiger partial charge in [0.05, 0.1) is 18.7 Å². The Morgan fingerprint density at radius 3 is 2.45 bits per heavy atom. The van der Waals surface area contributed by atoms with Crippen LogP contribution in [0.2, 0.25) is 0 Å². The second-order valence-electron chi connectivity index (χ2n) is 7.46. The van der Waals surface area contributed by atoms with Gasteiger partial charge in [-0.25, -0.2) is 14.4 Å². The topological polar surface area (TPSA) is 99.8 Å². The van der Waals surface area contributed by atoms with Crippen molar-refractivity contribution in [2.24, 2.45) is 0 Å². The van der Waals surface area contributed by atoms with Gasteiger partial charge in [-0.15, -0.1) is 11.8 Å². The summed E-state index contributed by atoms with van der Waals surface area (Å²) in [6.45, 7) is 4.19. The number of methoxy groups -OCH3 is 1. The van der Waals surface area contributed by atoms with Gasteiger partial charge in [-0.2, -0.15) is 0 Å². The minimum atomic E-state index is -0.693. The molecular formula is C24H28N4O4S. The fraction of sp³-hybridized carbons (Fsp3) is 0.292. The predicted molar refractivity (Wildman–Crippen MR) is 130 cm³/mol. The van der Waals surface area contributed by atoms with Crippen molar-refractivity contribution in [3.63, 3.8) is 0 Å². The van der Waals surface area contributed by atoms with E-state index in [0.717, 1.165) is 11.3 Å². The first-order valence-electron chi connectivity index (χ1n) is 10.6. The van der Waals surface area contributed by atoms with E-state index in [1.165, 1.54) is 7.11 Å². The Balaban J connectivity index is 1.82. The summed E-state index contributed by atoms with van der Waals surface area (Å²) in [5.74, 6) is -0.511. The lowest BCUT2D eigenvalue weighted by Gasteiger charge is -2.35. The average Bonchev–Trinajstić information content (AvgIpc) is 2.81.